The van der Waals surface area contributed by atoms with Crippen LogP contribution in [0.3, 0.4) is 0 Å². The third-order valence-corrected chi connectivity index (χ3v) is 2.79. The molecule has 0 heterocycles. The molecule has 0 radical (unpaired) electrons. The Hall–Kier alpha value is -1.76. The maximum atomic E-state index is 12.6. The van der Waals surface area contributed by atoms with Gasteiger partial charge in [0.05, 0.1) is 11.6 Å². The summed E-state index contributed by atoms with van der Waals surface area (Å²) in [5.74, 6) is 0. The number of hydrogen-bond acceptors (Lipinski definition) is 3. The largest absolute Gasteiger partial charge is 0.444 e. The summed E-state index contributed by atoms with van der Waals surface area (Å²) in [4.78, 5) is 11.8. The van der Waals surface area contributed by atoms with Gasteiger partial charge in [-0.05, 0) is 51.4 Å². The van der Waals surface area contributed by atoms with Crippen LogP contribution < -0.4 is 11.1 Å². The molecule has 0 fully saturated rings. The first kappa shape index (κ1) is 18.3. The Morgan fingerprint density at radius 3 is 2.18 bits per heavy atom. The SMILES string of the molecule is CC(C)(C)OC(=O)NC(CCN)c1ccc(C(F)(F)F)cc1. The molecule has 7 heteroatoms. The van der Waals surface area contributed by atoms with Gasteiger partial charge in [0.1, 0.15) is 5.60 Å². The molecule has 0 bridgehead atoms. The minimum atomic E-state index is -4.39. The molecular formula is C15H21F3N2O2. The van der Waals surface area contributed by atoms with Crippen molar-refractivity contribution in [3.05, 3.63) is 35.4 Å². The van der Waals surface area contributed by atoms with Crippen molar-refractivity contribution in [3.63, 3.8) is 0 Å². The van der Waals surface area contributed by atoms with Crippen LogP contribution in [0.4, 0.5) is 18.0 Å². The first-order chi connectivity index (χ1) is 10.0. The molecule has 22 heavy (non-hydrogen) atoms. The summed E-state index contributed by atoms with van der Waals surface area (Å²) in [5, 5.41) is 2.63. The van der Waals surface area contributed by atoms with Gasteiger partial charge >= 0.3 is 12.3 Å². The Morgan fingerprint density at radius 2 is 1.77 bits per heavy atom. The van der Waals surface area contributed by atoms with Crippen molar-refractivity contribution >= 4 is 6.09 Å². The van der Waals surface area contributed by atoms with E-state index in [0.717, 1.165) is 12.1 Å². The highest BCUT2D eigenvalue weighted by Crippen LogP contribution is 2.30. The molecule has 0 saturated carbocycles. The first-order valence-corrected chi connectivity index (χ1v) is 6.89. The molecule has 1 amide bonds. The normalized spacial score (nSPS) is 13.6. The topological polar surface area (TPSA) is 64.3 Å². The van der Waals surface area contributed by atoms with Gasteiger partial charge < -0.3 is 15.8 Å². The van der Waals surface area contributed by atoms with E-state index in [4.69, 9.17) is 10.5 Å². The van der Waals surface area contributed by atoms with Crippen molar-refractivity contribution in [1.29, 1.82) is 0 Å². The average molecular weight is 318 g/mol. The molecule has 124 valence electrons. The summed E-state index contributed by atoms with van der Waals surface area (Å²) in [5.41, 5.74) is 4.65. The number of nitrogens with two attached hydrogens (primary N) is 1. The molecule has 0 spiro atoms. The number of amides is 1. The van der Waals surface area contributed by atoms with E-state index in [0.29, 0.717) is 12.0 Å². The van der Waals surface area contributed by atoms with Gasteiger partial charge in [-0.2, -0.15) is 13.2 Å². The second-order valence-electron chi connectivity index (χ2n) is 5.90. The first-order valence-electron chi connectivity index (χ1n) is 6.89. The van der Waals surface area contributed by atoms with Crippen LogP contribution in [0.1, 0.15) is 44.4 Å². The Labute approximate surface area is 127 Å². The molecule has 1 aromatic rings. The van der Waals surface area contributed by atoms with Crippen molar-refractivity contribution in [1.82, 2.24) is 5.32 Å². The monoisotopic (exact) mass is 318 g/mol. The zero-order chi connectivity index (χ0) is 17.0. The zero-order valence-electron chi connectivity index (χ0n) is 12.8. The average Bonchev–Trinajstić information content (AvgIpc) is 2.35. The summed E-state index contributed by atoms with van der Waals surface area (Å²) < 4.78 is 42.8. The van der Waals surface area contributed by atoms with E-state index in [1.807, 2.05) is 0 Å². The molecule has 0 aromatic heterocycles. The Kier molecular flexibility index (Phi) is 5.82. The molecule has 0 aliphatic heterocycles. The van der Waals surface area contributed by atoms with Crippen LogP contribution in [-0.4, -0.2) is 18.2 Å². The maximum Gasteiger partial charge on any atom is 0.416 e. The number of carbonyl (C=O) groups is 1. The van der Waals surface area contributed by atoms with E-state index in [1.165, 1.54) is 12.1 Å². The molecule has 1 rings (SSSR count). The second-order valence-corrected chi connectivity index (χ2v) is 5.90. The van der Waals surface area contributed by atoms with Gasteiger partial charge in [-0.3, -0.25) is 0 Å². The predicted octanol–water partition coefficient (Wildman–Crippen LogP) is 3.62. The fraction of sp³-hybridized carbons (Fsp3) is 0.533. The van der Waals surface area contributed by atoms with Crippen LogP contribution in [0.15, 0.2) is 24.3 Å². The van der Waals surface area contributed by atoms with E-state index in [-0.39, 0.29) is 6.54 Å². The lowest BCUT2D eigenvalue weighted by Gasteiger charge is -2.24. The Bertz CT molecular complexity index is 493. The second kappa shape index (κ2) is 7.00. The molecule has 0 aliphatic rings. The number of halogens is 3. The smallest absolute Gasteiger partial charge is 0.416 e. The third-order valence-electron chi connectivity index (χ3n) is 2.79. The number of benzene rings is 1. The molecule has 1 atom stereocenters. The highest BCUT2D eigenvalue weighted by Gasteiger charge is 2.30. The molecule has 0 saturated heterocycles. The summed E-state index contributed by atoms with van der Waals surface area (Å²) in [7, 11) is 0. The van der Waals surface area contributed by atoms with E-state index >= 15 is 0 Å². The molecule has 3 N–H and O–H groups in total. The Morgan fingerprint density at radius 1 is 1.23 bits per heavy atom. The van der Waals surface area contributed by atoms with Crippen LogP contribution >= 0.6 is 0 Å². The van der Waals surface area contributed by atoms with E-state index in [2.05, 4.69) is 5.32 Å². The van der Waals surface area contributed by atoms with Crippen LogP contribution in [-0.2, 0) is 10.9 Å². The number of alkyl carbamates (subject to hydrolysis) is 1. The lowest BCUT2D eigenvalue weighted by Crippen LogP contribution is -2.35. The van der Waals surface area contributed by atoms with Gasteiger partial charge in [0.25, 0.3) is 0 Å². The van der Waals surface area contributed by atoms with Gasteiger partial charge in [0, 0.05) is 0 Å². The summed E-state index contributed by atoms with van der Waals surface area (Å²) in [6, 6.07) is 4.13. The van der Waals surface area contributed by atoms with Gasteiger partial charge in [-0.15, -0.1) is 0 Å². The molecule has 0 aliphatic carbocycles. The van der Waals surface area contributed by atoms with E-state index in [1.54, 1.807) is 20.8 Å². The van der Waals surface area contributed by atoms with E-state index < -0.39 is 29.5 Å². The van der Waals surface area contributed by atoms with Crippen LogP contribution in [0.25, 0.3) is 0 Å². The van der Waals surface area contributed by atoms with Crippen molar-refractivity contribution < 1.29 is 22.7 Å². The van der Waals surface area contributed by atoms with Crippen LogP contribution in [0.2, 0.25) is 0 Å². The standard InChI is InChI=1S/C15H21F3N2O2/c1-14(2,3)22-13(21)20-12(8-9-19)10-4-6-11(7-5-10)15(16,17)18/h4-7,12H,8-9,19H2,1-3H3,(H,20,21). The summed E-state index contributed by atoms with van der Waals surface area (Å²) >= 11 is 0. The van der Waals surface area contributed by atoms with Crippen molar-refractivity contribution in [2.75, 3.05) is 6.54 Å². The van der Waals surface area contributed by atoms with Gasteiger partial charge in [-0.25, -0.2) is 4.79 Å². The van der Waals surface area contributed by atoms with Gasteiger partial charge in [0.2, 0.25) is 0 Å². The number of alkyl halides is 3. The van der Waals surface area contributed by atoms with Crippen molar-refractivity contribution in [2.45, 2.75) is 45.0 Å². The van der Waals surface area contributed by atoms with Crippen molar-refractivity contribution in [3.8, 4) is 0 Å². The van der Waals surface area contributed by atoms with Gasteiger partial charge in [-0.1, -0.05) is 12.1 Å². The number of nitrogens with one attached hydrogen (secondary N) is 1. The van der Waals surface area contributed by atoms with E-state index in [9.17, 15) is 18.0 Å². The number of rotatable bonds is 4. The highest BCUT2D eigenvalue weighted by molar-refractivity contribution is 5.68. The highest BCUT2D eigenvalue weighted by atomic mass is 19.4. The zero-order valence-corrected chi connectivity index (χ0v) is 12.8. The fourth-order valence-electron chi connectivity index (χ4n) is 1.84. The predicted molar refractivity (Wildman–Crippen MR) is 77.2 cm³/mol. The lowest BCUT2D eigenvalue weighted by molar-refractivity contribution is -0.137. The summed E-state index contributed by atoms with van der Waals surface area (Å²) in [6.45, 7) is 5.45. The van der Waals surface area contributed by atoms with Crippen molar-refractivity contribution in [2.24, 2.45) is 5.73 Å². The third kappa shape index (κ3) is 5.93. The molecular weight excluding hydrogens is 297 g/mol. The number of ether oxygens (including phenoxy) is 1. The summed E-state index contributed by atoms with van der Waals surface area (Å²) in [6.07, 6.45) is -4.63. The van der Waals surface area contributed by atoms with Gasteiger partial charge in [0.15, 0.2) is 0 Å². The molecule has 4 nitrogen and oxygen atoms in total. The van der Waals surface area contributed by atoms with Crippen LogP contribution in [0, 0.1) is 0 Å². The quantitative estimate of drug-likeness (QED) is 0.891. The Balaban J connectivity index is 2.85. The molecule has 1 unspecified atom stereocenters. The fourth-order valence-corrected chi connectivity index (χ4v) is 1.84. The minimum absolute atomic E-state index is 0.279. The number of carbonyl (C=O) groups excluding carboxylic acids is 1. The van der Waals surface area contributed by atoms with Crippen LogP contribution in [0.5, 0.6) is 0 Å². The maximum absolute atomic E-state index is 12.6. The lowest BCUT2D eigenvalue weighted by atomic mass is 10.0. The molecule has 1 aromatic carbocycles. The minimum Gasteiger partial charge on any atom is -0.444 e. The number of hydrogen-bond donors (Lipinski definition) is 2.